The molecule has 78 valence electrons. The van der Waals surface area contributed by atoms with Crippen LogP contribution in [0.5, 0.6) is 0 Å². The number of aryl methyl sites for hydroxylation is 1. The Bertz CT molecular complexity index is 459. The van der Waals surface area contributed by atoms with Gasteiger partial charge in [-0.05, 0) is 6.92 Å². The van der Waals surface area contributed by atoms with E-state index in [-0.39, 0.29) is 6.61 Å². The fourth-order valence-electron chi connectivity index (χ4n) is 1.45. The summed E-state index contributed by atoms with van der Waals surface area (Å²) in [6, 6.07) is 8.06. The van der Waals surface area contributed by atoms with Gasteiger partial charge in [0.2, 0.25) is 0 Å². The first-order valence-electron chi connectivity index (χ1n) is 4.78. The predicted octanol–water partition coefficient (Wildman–Crippen LogP) is 1.28. The van der Waals surface area contributed by atoms with Gasteiger partial charge in [0, 0.05) is 12.6 Å². The molecule has 2 rings (SSSR count). The van der Waals surface area contributed by atoms with Gasteiger partial charge >= 0.3 is 0 Å². The van der Waals surface area contributed by atoms with Crippen molar-refractivity contribution in [1.29, 1.82) is 0 Å². The Balaban J connectivity index is 2.45. The van der Waals surface area contributed by atoms with Crippen molar-refractivity contribution in [2.24, 2.45) is 7.05 Å². The van der Waals surface area contributed by atoms with Gasteiger partial charge in [0.15, 0.2) is 11.6 Å². The van der Waals surface area contributed by atoms with Gasteiger partial charge in [-0.1, -0.05) is 29.8 Å². The summed E-state index contributed by atoms with van der Waals surface area (Å²) in [5.41, 5.74) is 2.22. The lowest BCUT2D eigenvalue weighted by Crippen LogP contribution is -1.99. The smallest absolute Gasteiger partial charge is 0.163 e. The number of hydrogen-bond acceptors (Lipinski definition) is 3. The minimum atomic E-state index is -0.0879. The molecule has 0 aliphatic heterocycles. The lowest BCUT2D eigenvalue weighted by Gasteiger charge is -2.02. The molecule has 0 atom stereocenters. The first-order chi connectivity index (χ1) is 7.22. The summed E-state index contributed by atoms with van der Waals surface area (Å²) in [5.74, 6) is 1.35. The quantitative estimate of drug-likeness (QED) is 0.800. The predicted molar refractivity (Wildman–Crippen MR) is 57.1 cm³/mol. The van der Waals surface area contributed by atoms with Crippen molar-refractivity contribution in [3.63, 3.8) is 0 Å². The second-order valence-corrected chi connectivity index (χ2v) is 3.52. The molecular weight excluding hydrogens is 190 g/mol. The second-order valence-electron chi connectivity index (χ2n) is 3.52. The van der Waals surface area contributed by atoms with Gasteiger partial charge in [0.25, 0.3) is 0 Å². The Hall–Kier alpha value is -1.68. The van der Waals surface area contributed by atoms with Crippen LogP contribution in [0.3, 0.4) is 0 Å². The number of aliphatic hydroxyl groups is 1. The van der Waals surface area contributed by atoms with E-state index in [2.05, 4.69) is 10.2 Å². The molecule has 0 bridgehead atoms. The summed E-state index contributed by atoms with van der Waals surface area (Å²) in [4.78, 5) is 0. The number of rotatable bonds is 2. The molecule has 2 aromatic rings. The molecule has 0 aliphatic carbocycles. The zero-order valence-electron chi connectivity index (χ0n) is 8.81. The molecule has 4 nitrogen and oxygen atoms in total. The number of benzene rings is 1. The van der Waals surface area contributed by atoms with Crippen molar-refractivity contribution >= 4 is 0 Å². The molecule has 0 unspecified atom stereocenters. The van der Waals surface area contributed by atoms with Crippen LogP contribution < -0.4 is 0 Å². The molecule has 0 saturated carbocycles. The molecule has 1 heterocycles. The minimum absolute atomic E-state index is 0.0879. The fourth-order valence-corrected chi connectivity index (χ4v) is 1.45. The van der Waals surface area contributed by atoms with Crippen LogP contribution in [0.2, 0.25) is 0 Å². The Kier molecular flexibility index (Phi) is 2.51. The third-order valence-corrected chi connectivity index (χ3v) is 2.42. The topological polar surface area (TPSA) is 50.9 Å². The van der Waals surface area contributed by atoms with E-state index in [9.17, 15) is 0 Å². The van der Waals surface area contributed by atoms with Gasteiger partial charge in [0.1, 0.15) is 6.61 Å². The highest BCUT2D eigenvalue weighted by atomic mass is 16.3. The number of aromatic nitrogens is 3. The molecule has 1 N–H and O–H groups in total. The molecule has 0 saturated heterocycles. The van der Waals surface area contributed by atoms with Crippen LogP contribution in [0.25, 0.3) is 11.4 Å². The molecule has 0 amide bonds. The molecule has 0 radical (unpaired) electrons. The molecule has 0 fully saturated rings. The van der Waals surface area contributed by atoms with E-state index in [1.165, 1.54) is 5.56 Å². The summed E-state index contributed by atoms with van der Waals surface area (Å²) >= 11 is 0. The van der Waals surface area contributed by atoms with Gasteiger partial charge in [-0.25, -0.2) is 0 Å². The molecule has 1 aromatic carbocycles. The highest BCUT2D eigenvalue weighted by molar-refractivity contribution is 5.55. The minimum Gasteiger partial charge on any atom is -0.388 e. The molecule has 4 heteroatoms. The molecule has 1 aromatic heterocycles. The summed E-state index contributed by atoms with van der Waals surface area (Å²) in [7, 11) is 1.85. The van der Waals surface area contributed by atoms with E-state index in [4.69, 9.17) is 5.11 Å². The lowest BCUT2D eigenvalue weighted by molar-refractivity contribution is 0.267. The highest BCUT2D eigenvalue weighted by Gasteiger charge is 2.08. The highest BCUT2D eigenvalue weighted by Crippen LogP contribution is 2.17. The molecular formula is C11H13N3O. The van der Waals surface area contributed by atoms with E-state index in [1.54, 1.807) is 4.57 Å². The van der Waals surface area contributed by atoms with Crippen LogP contribution in [-0.4, -0.2) is 19.9 Å². The zero-order chi connectivity index (χ0) is 10.8. The third-order valence-electron chi connectivity index (χ3n) is 2.42. The summed E-state index contributed by atoms with van der Waals surface area (Å²) in [6.45, 7) is 1.95. The van der Waals surface area contributed by atoms with E-state index in [0.29, 0.717) is 5.82 Å². The third kappa shape index (κ3) is 1.76. The summed E-state index contributed by atoms with van der Waals surface area (Å²) < 4.78 is 1.80. The summed E-state index contributed by atoms with van der Waals surface area (Å²) in [6.07, 6.45) is 0. The van der Waals surface area contributed by atoms with Crippen LogP contribution >= 0.6 is 0 Å². The SMILES string of the molecule is Cc1ccc(-c2nnc(CO)n2C)cc1. The van der Waals surface area contributed by atoms with Gasteiger partial charge in [-0.15, -0.1) is 10.2 Å². The Morgan fingerprint density at radius 2 is 1.87 bits per heavy atom. The molecule has 0 spiro atoms. The average Bonchev–Trinajstić information content (AvgIpc) is 2.61. The van der Waals surface area contributed by atoms with Gasteiger partial charge < -0.3 is 9.67 Å². The maximum absolute atomic E-state index is 9.00. The maximum atomic E-state index is 9.00. The number of hydrogen-bond donors (Lipinski definition) is 1. The van der Waals surface area contributed by atoms with Crippen LogP contribution in [0.1, 0.15) is 11.4 Å². The van der Waals surface area contributed by atoms with Crippen molar-refractivity contribution in [3.05, 3.63) is 35.7 Å². The van der Waals surface area contributed by atoms with E-state index >= 15 is 0 Å². The average molecular weight is 203 g/mol. The number of nitrogens with zero attached hydrogens (tertiary/aromatic N) is 3. The van der Waals surface area contributed by atoms with Gasteiger partial charge in [0.05, 0.1) is 0 Å². The van der Waals surface area contributed by atoms with Crippen molar-refractivity contribution in [2.75, 3.05) is 0 Å². The Labute approximate surface area is 88.2 Å². The normalized spacial score (nSPS) is 10.6. The Morgan fingerprint density at radius 3 is 2.40 bits per heavy atom. The molecule has 0 aliphatic rings. The van der Waals surface area contributed by atoms with Crippen LogP contribution in [0, 0.1) is 6.92 Å². The first kappa shape index (κ1) is 9.86. The number of aliphatic hydroxyl groups excluding tert-OH is 1. The standard InChI is InChI=1S/C11H13N3O/c1-8-3-5-9(6-4-8)11-13-12-10(7-15)14(11)2/h3-6,15H,7H2,1-2H3. The summed E-state index contributed by atoms with van der Waals surface area (Å²) in [5, 5.41) is 16.9. The largest absolute Gasteiger partial charge is 0.388 e. The van der Waals surface area contributed by atoms with Crippen molar-refractivity contribution < 1.29 is 5.11 Å². The maximum Gasteiger partial charge on any atom is 0.163 e. The van der Waals surface area contributed by atoms with Gasteiger partial charge in [-0.2, -0.15) is 0 Å². The van der Waals surface area contributed by atoms with Gasteiger partial charge in [-0.3, -0.25) is 0 Å². The van der Waals surface area contributed by atoms with Crippen LogP contribution in [0.15, 0.2) is 24.3 Å². The lowest BCUT2D eigenvalue weighted by atomic mass is 10.1. The first-order valence-corrected chi connectivity index (χ1v) is 4.78. The van der Waals surface area contributed by atoms with Crippen LogP contribution in [0.4, 0.5) is 0 Å². The van der Waals surface area contributed by atoms with E-state index in [0.717, 1.165) is 11.4 Å². The fraction of sp³-hybridized carbons (Fsp3) is 0.273. The zero-order valence-corrected chi connectivity index (χ0v) is 8.81. The molecule has 15 heavy (non-hydrogen) atoms. The van der Waals surface area contributed by atoms with Crippen molar-refractivity contribution in [3.8, 4) is 11.4 Å². The van der Waals surface area contributed by atoms with Crippen LogP contribution in [-0.2, 0) is 13.7 Å². The van der Waals surface area contributed by atoms with Crippen molar-refractivity contribution in [1.82, 2.24) is 14.8 Å². The van der Waals surface area contributed by atoms with Crippen molar-refractivity contribution in [2.45, 2.75) is 13.5 Å². The van der Waals surface area contributed by atoms with E-state index in [1.807, 2.05) is 38.2 Å². The second kappa shape index (κ2) is 3.82. The Morgan fingerprint density at radius 1 is 1.20 bits per heavy atom. The van der Waals surface area contributed by atoms with E-state index < -0.39 is 0 Å². The monoisotopic (exact) mass is 203 g/mol.